The van der Waals surface area contributed by atoms with Crippen LogP contribution in [0.5, 0.6) is 0 Å². The topological polar surface area (TPSA) is 61.4 Å². The Morgan fingerprint density at radius 3 is 1.36 bits per heavy atom. The molecule has 10 aromatic rings. The van der Waals surface area contributed by atoms with E-state index in [1.807, 2.05) is 89.5 Å². The Bertz CT molecular complexity index is 3130. The van der Waals surface area contributed by atoms with Gasteiger partial charge in [0, 0.05) is 63.0 Å². The molecule has 0 amide bonds. The van der Waals surface area contributed by atoms with Crippen LogP contribution in [0.2, 0.25) is 0 Å². The summed E-state index contributed by atoms with van der Waals surface area (Å²) in [7, 11) is 0. The third-order valence-electron chi connectivity index (χ3n) is 10.1. The maximum atomic E-state index is 15.6. The van der Waals surface area contributed by atoms with E-state index in [4.69, 9.17) is 0 Å². The largest absolute Gasteiger partial charge is 0.417 e. The molecule has 0 aliphatic rings. The zero-order valence-corrected chi connectivity index (χ0v) is 29.0. The van der Waals surface area contributed by atoms with E-state index in [0.717, 1.165) is 56.9 Å². The van der Waals surface area contributed by atoms with Crippen LogP contribution in [-0.4, -0.2) is 29.1 Å². The number of halogens is 5. The molecule has 0 atom stereocenters. The van der Waals surface area contributed by atoms with Gasteiger partial charge < -0.3 is 9.13 Å². The third-order valence-corrected chi connectivity index (χ3v) is 10.1. The molecule has 0 spiro atoms. The van der Waals surface area contributed by atoms with Crippen molar-refractivity contribution < 1.29 is 22.0 Å². The highest BCUT2D eigenvalue weighted by Gasteiger charge is 2.37. The second kappa shape index (κ2) is 12.7. The number of alkyl halides is 3. The van der Waals surface area contributed by atoms with Crippen LogP contribution in [0.25, 0.3) is 88.9 Å². The predicted molar refractivity (Wildman–Crippen MR) is 208 cm³/mol. The molecule has 0 saturated carbocycles. The van der Waals surface area contributed by atoms with E-state index in [1.165, 1.54) is 6.07 Å². The van der Waals surface area contributed by atoms with Crippen LogP contribution in [0.15, 0.2) is 152 Å². The lowest BCUT2D eigenvalue weighted by molar-refractivity contribution is -0.137. The lowest BCUT2D eigenvalue weighted by Gasteiger charge is -2.22. The minimum atomic E-state index is -5.00. The van der Waals surface area contributed by atoms with E-state index in [0.29, 0.717) is 33.7 Å². The summed E-state index contributed by atoms with van der Waals surface area (Å²) in [6.07, 6.45) is 1.58. The van der Waals surface area contributed by atoms with Crippen molar-refractivity contribution in [3.63, 3.8) is 0 Å². The average molecular weight is 745 g/mol. The normalized spacial score (nSPS) is 12.0. The van der Waals surface area contributed by atoms with Gasteiger partial charge in [-0.25, -0.2) is 28.7 Å². The minimum Gasteiger partial charge on any atom is -0.307 e. The molecule has 0 radical (unpaired) electrons. The lowest BCUT2D eigenvalue weighted by Crippen LogP contribution is -2.13. The Morgan fingerprint density at radius 1 is 0.429 bits per heavy atom. The second-order valence-corrected chi connectivity index (χ2v) is 13.3. The van der Waals surface area contributed by atoms with Crippen LogP contribution in [0.3, 0.4) is 0 Å². The van der Waals surface area contributed by atoms with E-state index in [1.54, 1.807) is 41.5 Å². The van der Waals surface area contributed by atoms with Crippen molar-refractivity contribution in [3.8, 4) is 45.3 Å². The lowest BCUT2D eigenvalue weighted by atomic mass is 9.96. The van der Waals surface area contributed by atoms with E-state index in [-0.39, 0.29) is 11.4 Å². The molecule has 10 rings (SSSR count). The number of fused-ring (bicyclic) bond motifs is 6. The predicted octanol–water partition coefficient (Wildman–Crippen LogP) is 11.8. The molecule has 0 saturated heterocycles. The third kappa shape index (κ3) is 5.23. The molecule has 0 aliphatic heterocycles. The number of rotatable bonds is 5. The van der Waals surface area contributed by atoms with Crippen LogP contribution in [0.4, 0.5) is 22.0 Å². The summed E-state index contributed by atoms with van der Waals surface area (Å²) in [6, 6.07) is 34.9. The molecule has 0 fully saturated rings. The van der Waals surface area contributed by atoms with E-state index in [2.05, 4.69) is 19.9 Å². The fourth-order valence-electron chi connectivity index (χ4n) is 7.77. The van der Waals surface area contributed by atoms with Crippen LogP contribution >= 0.6 is 0 Å². The van der Waals surface area contributed by atoms with Crippen molar-refractivity contribution in [2.75, 3.05) is 0 Å². The average Bonchev–Trinajstić information content (AvgIpc) is 3.73. The first kappa shape index (κ1) is 33.3. The monoisotopic (exact) mass is 744 g/mol. The Morgan fingerprint density at radius 2 is 0.875 bits per heavy atom. The van der Waals surface area contributed by atoms with E-state index < -0.39 is 34.5 Å². The first-order chi connectivity index (χ1) is 27.3. The van der Waals surface area contributed by atoms with Crippen LogP contribution in [0.1, 0.15) is 5.56 Å². The summed E-state index contributed by atoms with van der Waals surface area (Å²) in [5.41, 5.74) is 1.83. The van der Waals surface area contributed by atoms with Gasteiger partial charge >= 0.3 is 6.18 Å². The van der Waals surface area contributed by atoms with Gasteiger partial charge in [-0.15, -0.1) is 0 Å². The highest BCUT2D eigenvalue weighted by atomic mass is 19.4. The quantitative estimate of drug-likeness (QED) is 0.165. The number of hydrogen-bond acceptors (Lipinski definition) is 4. The Hall–Kier alpha value is -7.27. The SMILES string of the molecule is Fc1cccc(F)c1-c1cc(-n2c3ccccc3c3cc(-c4ncccn4)ccc32)c(-n2c3ccccc3c3cc(-c4ncccn4)ccc32)cc1C(F)(F)F. The molecule has 4 aromatic heterocycles. The van der Waals surface area contributed by atoms with E-state index in [9.17, 15) is 0 Å². The Kier molecular flexibility index (Phi) is 7.53. The molecular weight excluding hydrogens is 720 g/mol. The van der Waals surface area contributed by atoms with Crippen molar-refractivity contribution in [2.24, 2.45) is 0 Å². The van der Waals surface area contributed by atoms with Gasteiger partial charge in [-0.05, 0) is 84.9 Å². The summed E-state index contributed by atoms with van der Waals surface area (Å²) in [4.78, 5) is 17.7. The summed E-state index contributed by atoms with van der Waals surface area (Å²) in [5.74, 6) is -1.23. The number of benzene rings is 6. The van der Waals surface area contributed by atoms with Crippen molar-refractivity contribution in [1.29, 1.82) is 0 Å². The van der Waals surface area contributed by atoms with Crippen LogP contribution < -0.4 is 0 Å². The van der Waals surface area contributed by atoms with Gasteiger partial charge in [0.1, 0.15) is 11.6 Å². The fraction of sp³-hybridized carbons (Fsp3) is 0.0222. The second-order valence-electron chi connectivity index (χ2n) is 13.3. The molecule has 0 unspecified atom stereocenters. The van der Waals surface area contributed by atoms with Gasteiger partial charge in [0.2, 0.25) is 0 Å². The molecule has 11 heteroatoms. The zero-order chi connectivity index (χ0) is 38.1. The smallest absolute Gasteiger partial charge is 0.307 e. The molecular formula is C45H25F5N6. The summed E-state index contributed by atoms with van der Waals surface area (Å²) < 4.78 is 81.0. The van der Waals surface area contributed by atoms with Gasteiger partial charge in [0.05, 0.1) is 44.6 Å². The number of para-hydroxylation sites is 2. The number of nitrogens with zero attached hydrogens (tertiary/aromatic N) is 6. The van der Waals surface area contributed by atoms with Crippen molar-refractivity contribution in [3.05, 3.63) is 169 Å². The highest BCUT2D eigenvalue weighted by Crippen LogP contribution is 2.46. The Balaban J connectivity index is 1.36. The first-order valence-electron chi connectivity index (χ1n) is 17.6. The van der Waals surface area contributed by atoms with Gasteiger partial charge in [0.15, 0.2) is 11.6 Å². The van der Waals surface area contributed by atoms with E-state index >= 15 is 22.0 Å². The van der Waals surface area contributed by atoms with Gasteiger partial charge in [0.25, 0.3) is 0 Å². The molecule has 6 aromatic carbocycles. The van der Waals surface area contributed by atoms with Gasteiger partial charge in [-0.2, -0.15) is 13.2 Å². The Labute approximate surface area is 314 Å². The first-order valence-corrected chi connectivity index (χ1v) is 17.6. The van der Waals surface area contributed by atoms with Crippen molar-refractivity contribution >= 4 is 43.6 Å². The molecule has 0 bridgehead atoms. The highest BCUT2D eigenvalue weighted by molar-refractivity contribution is 6.13. The molecule has 6 nitrogen and oxygen atoms in total. The van der Waals surface area contributed by atoms with Crippen LogP contribution in [0, 0.1) is 11.6 Å². The maximum Gasteiger partial charge on any atom is 0.417 e. The summed E-state index contributed by atoms with van der Waals surface area (Å²) >= 11 is 0. The molecule has 0 N–H and O–H groups in total. The maximum absolute atomic E-state index is 15.6. The molecule has 4 heterocycles. The molecule has 270 valence electrons. The van der Waals surface area contributed by atoms with Crippen LogP contribution in [-0.2, 0) is 6.18 Å². The molecule has 56 heavy (non-hydrogen) atoms. The minimum absolute atomic E-state index is 0.144. The fourth-order valence-corrected chi connectivity index (χ4v) is 7.77. The van der Waals surface area contributed by atoms with Gasteiger partial charge in [-0.3, -0.25) is 0 Å². The van der Waals surface area contributed by atoms with Gasteiger partial charge in [-0.1, -0.05) is 42.5 Å². The van der Waals surface area contributed by atoms with Crippen molar-refractivity contribution in [1.82, 2.24) is 29.1 Å². The zero-order valence-electron chi connectivity index (χ0n) is 29.0. The number of aromatic nitrogens is 6. The number of hydrogen-bond donors (Lipinski definition) is 0. The summed E-state index contributed by atoms with van der Waals surface area (Å²) in [5, 5.41) is 3.12. The molecule has 0 aliphatic carbocycles. The standard InChI is InChI=1S/C45H25F5N6/c46-34-10-5-11-35(47)42(34)32-24-40(55-36-12-3-1-8-28(36)30-22-26(14-16-38(30)55)43-51-18-6-19-52-43)41(25-33(32)45(48,49)50)56-37-13-4-2-9-29(37)31-23-27(15-17-39(31)56)44-53-20-7-21-54-44/h1-25H. The summed E-state index contributed by atoms with van der Waals surface area (Å²) in [6.45, 7) is 0. The van der Waals surface area contributed by atoms with Crippen molar-refractivity contribution in [2.45, 2.75) is 6.18 Å².